The van der Waals surface area contributed by atoms with Gasteiger partial charge in [-0.05, 0) is 19.3 Å². The van der Waals surface area contributed by atoms with E-state index in [1.54, 1.807) is 0 Å². The largest absolute Gasteiger partial charge is 0.475 e. The Bertz CT molecular complexity index is 330. The topological polar surface area (TPSA) is 77.2 Å². The quantitative estimate of drug-likeness (QED) is 0.754. The van der Waals surface area contributed by atoms with Crippen LogP contribution in [0.2, 0.25) is 0 Å². The maximum Gasteiger partial charge on any atom is 0.375 e. The SMILES string of the molecule is O=C(O)c1ncn(C2CCCCO2)n1. The molecule has 0 amide bonds. The average molecular weight is 197 g/mol. The van der Waals surface area contributed by atoms with E-state index in [0.29, 0.717) is 6.61 Å². The summed E-state index contributed by atoms with van der Waals surface area (Å²) in [6.07, 6.45) is 4.25. The average Bonchev–Trinajstić information content (AvgIpc) is 2.68. The highest BCUT2D eigenvalue weighted by Gasteiger charge is 2.18. The lowest BCUT2D eigenvalue weighted by atomic mass is 10.2. The summed E-state index contributed by atoms with van der Waals surface area (Å²) in [7, 11) is 0. The molecule has 6 heteroatoms. The summed E-state index contributed by atoms with van der Waals surface area (Å²) in [5.41, 5.74) is 0. The van der Waals surface area contributed by atoms with Crippen LogP contribution in [-0.4, -0.2) is 32.4 Å². The lowest BCUT2D eigenvalue weighted by Gasteiger charge is -2.21. The molecule has 1 aromatic heterocycles. The van der Waals surface area contributed by atoms with Crippen LogP contribution in [0.5, 0.6) is 0 Å². The minimum absolute atomic E-state index is 0.149. The normalized spacial score (nSPS) is 22.1. The van der Waals surface area contributed by atoms with Gasteiger partial charge in [0, 0.05) is 6.61 Å². The highest BCUT2D eigenvalue weighted by Crippen LogP contribution is 2.20. The Morgan fingerprint density at radius 2 is 2.50 bits per heavy atom. The van der Waals surface area contributed by atoms with Crippen molar-refractivity contribution >= 4 is 5.97 Å². The number of hydrogen-bond donors (Lipinski definition) is 1. The van der Waals surface area contributed by atoms with Crippen LogP contribution in [0.25, 0.3) is 0 Å². The van der Waals surface area contributed by atoms with Crippen LogP contribution in [0.4, 0.5) is 0 Å². The van der Waals surface area contributed by atoms with Gasteiger partial charge in [0.25, 0.3) is 5.82 Å². The van der Waals surface area contributed by atoms with Crippen LogP contribution in [0.15, 0.2) is 6.33 Å². The Morgan fingerprint density at radius 3 is 3.07 bits per heavy atom. The molecule has 0 bridgehead atoms. The minimum atomic E-state index is -1.11. The van der Waals surface area contributed by atoms with Crippen LogP contribution in [0.3, 0.4) is 0 Å². The monoisotopic (exact) mass is 197 g/mol. The molecule has 14 heavy (non-hydrogen) atoms. The molecule has 1 atom stereocenters. The van der Waals surface area contributed by atoms with Crippen molar-refractivity contribution in [2.24, 2.45) is 0 Å². The Morgan fingerprint density at radius 1 is 1.64 bits per heavy atom. The second-order valence-electron chi connectivity index (χ2n) is 3.17. The van der Waals surface area contributed by atoms with Crippen molar-refractivity contribution in [3.63, 3.8) is 0 Å². The van der Waals surface area contributed by atoms with E-state index in [1.165, 1.54) is 11.0 Å². The zero-order valence-corrected chi connectivity index (χ0v) is 7.59. The predicted octanol–water partition coefficient (Wildman–Crippen LogP) is 0.675. The minimum Gasteiger partial charge on any atom is -0.475 e. The summed E-state index contributed by atoms with van der Waals surface area (Å²) < 4.78 is 6.90. The number of ether oxygens (including phenoxy) is 1. The van der Waals surface area contributed by atoms with E-state index in [-0.39, 0.29) is 12.1 Å². The Labute approximate surface area is 80.5 Å². The summed E-state index contributed by atoms with van der Waals surface area (Å²) in [5, 5.41) is 12.4. The van der Waals surface area contributed by atoms with Crippen LogP contribution in [0.1, 0.15) is 36.1 Å². The number of carbonyl (C=O) groups is 1. The standard InChI is InChI=1S/C8H11N3O3/c12-8(13)7-9-5-11(10-7)6-3-1-2-4-14-6/h5-6H,1-4H2,(H,12,13). The molecule has 0 aliphatic carbocycles. The molecule has 0 radical (unpaired) electrons. The fourth-order valence-electron chi connectivity index (χ4n) is 1.44. The molecule has 2 rings (SSSR count). The third-order valence-electron chi connectivity index (χ3n) is 2.15. The highest BCUT2D eigenvalue weighted by molar-refractivity contribution is 5.82. The molecule has 0 aromatic carbocycles. The summed E-state index contributed by atoms with van der Waals surface area (Å²) >= 11 is 0. The van der Waals surface area contributed by atoms with Gasteiger partial charge in [0.15, 0.2) is 6.23 Å². The van der Waals surface area contributed by atoms with Crippen LogP contribution >= 0.6 is 0 Å². The van der Waals surface area contributed by atoms with E-state index in [4.69, 9.17) is 9.84 Å². The number of aromatic carboxylic acids is 1. The van der Waals surface area contributed by atoms with E-state index in [9.17, 15) is 4.79 Å². The second-order valence-corrected chi connectivity index (χ2v) is 3.17. The maximum absolute atomic E-state index is 10.5. The van der Waals surface area contributed by atoms with Gasteiger partial charge >= 0.3 is 5.97 Å². The van der Waals surface area contributed by atoms with Gasteiger partial charge in [-0.2, -0.15) is 0 Å². The van der Waals surface area contributed by atoms with Gasteiger partial charge in [0.2, 0.25) is 0 Å². The van der Waals surface area contributed by atoms with Gasteiger partial charge < -0.3 is 9.84 Å². The molecule has 6 nitrogen and oxygen atoms in total. The summed E-state index contributed by atoms with van der Waals surface area (Å²) in [6.45, 7) is 0.701. The molecule has 1 N–H and O–H groups in total. The molecule has 1 fully saturated rings. The van der Waals surface area contributed by atoms with E-state index in [2.05, 4.69) is 10.1 Å². The van der Waals surface area contributed by atoms with Gasteiger partial charge in [0.05, 0.1) is 0 Å². The number of carboxylic acids is 1. The van der Waals surface area contributed by atoms with Crippen molar-refractivity contribution in [2.75, 3.05) is 6.61 Å². The molecule has 2 heterocycles. The lowest BCUT2D eigenvalue weighted by molar-refractivity contribution is -0.0398. The first-order valence-corrected chi connectivity index (χ1v) is 4.53. The highest BCUT2D eigenvalue weighted by atomic mass is 16.5. The van der Waals surface area contributed by atoms with Gasteiger partial charge in [-0.3, -0.25) is 0 Å². The number of hydrogen-bond acceptors (Lipinski definition) is 4. The first kappa shape index (κ1) is 9.14. The fraction of sp³-hybridized carbons (Fsp3) is 0.625. The predicted molar refractivity (Wildman–Crippen MR) is 45.8 cm³/mol. The number of nitrogens with zero attached hydrogens (tertiary/aromatic N) is 3. The zero-order valence-electron chi connectivity index (χ0n) is 7.59. The molecule has 1 aliphatic rings. The van der Waals surface area contributed by atoms with E-state index < -0.39 is 5.97 Å². The lowest BCUT2D eigenvalue weighted by Crippen LogP contribution is -2.19. The maximum atomic E-state index is 10.5. The third kappa shape index (κ3) is 1.74. The molecular formula is C8H11N3O3. The molecular weight excluding hydrogens is 186 g/mol. The molecule has 1 aliphatic heterocycles. The number of rotatable bonds is 2. The molecule has 76 valence electrons. The first-order chi connectivity index (χ1) is 6.77. The molecule has 0 spiro atoms. The molecule has 1 aromatic rings. The van der Waals surface area contributed by atoms with Crippen molar-refractivity contribution in [3.8, 4) is 0 Å². The van der Waals surface area contributed by atoms with Crippen LogP contribution in [0, 0.1) is 0 Å². The van der Waals surface area contributed by atoms with Crippen molar-refractivity contribution in [3.05, 3.63) is 12.2 Å². The van der Waals surface area contributed by atoms with Crippen molar-refractivity contribution < 1.29 is 14.6 Å². The van der Waals surface area contributed by atoms with Crippen LogP contribution in [-0.2, 0) is 4.74 Å². The number of aromatic nitrogens is 3. The van der Waals surface area contributed by atoms with E-state index >= 15 is 0 Å². The summed E-state index contributed by atoms with van der Waals surface area (Å²) in [4.78, 5) is 14.2. The Kier molecular flexibility index (Phi) is 2.45. The van der Waals surface area contributed by atoms with Crippen molar-refractivity contribution in [2.45, 2.75) is 25.5 Å². The smallest absolute Gasteiger partial charge is 0.375 e. The summed E-state index contributed by atoms with van der Waals surface area (Å²) in [5.74, 6) is -1.29. The third-order valence-corrected chi connectivity index (χ3v) is 2.15. The van der Waals surface area contributed by atoms with Gasteiger partial charge in [-0.1, -0.05) is 0 Å². The first-order valence-electron chi connectivity index (χ1n) is 4.53. The number of carboxylic acid groups (broad SMARTS) is 1. The Hall–Kier alpha value is -1.43. The van der Waals surface area contributed by atoms with E-state index in [1.807, 2.05) is 0 Å². The van der Waals surface area contributed by atoms with Gasteiger partial charge in [-0.15, -0.1) is 5.10 Å². The van der Waals surface area contributed by atoms with Crippen molar-refractivity contribution in [1.82, 2.24) is 14.8 Å². The Balaban J connectivity index is 2.11. The molecule has 1 unspecified atom stereocenters. The summed E-state index contributed by atoms with van der Waals surface area (Å²) in [6, 6.07) is 0. The van der Waals surface area contributed by atoms with Gasteiger partial charge in [-0.25, -0.2) is 14.5 Å². The molecule has 0 saturated carbocycles. The molecule has 1 saturated heterocycles. The van der Waals surface area contributed by atoms with Crippen molar-refractivity contribution in [1.29, 1.82) is 0 Å². The fourth-order valence-corrected chi connectivity index (χ4v) is 1.44. The zero-order chi connectivity index (χ0) is 9.97. The van der Waals surface area contributed by atoms with E-state index in [0.717, 1.165) is 19.3 Å². The van der Waals surface area contributed by atoms with Crippen LogP contribution < -0.4 is 0 Å². The van der Waals surface area contributed by atoms with Gasteiger partial charge in [0.1, 0.15) is 6.33 Å². The second kappa shape index (κ2) is 3.75.